The second kappa shape index (κ2) is 9.05. The van der Waals surface area contributed by atoms with E-state index >= 15 is 0 Å². The highest BCUT2D eigenvalue weighted by molar-refractivity contribution is 6.05. The van der Waals surface area contributed by atoms with Crippen LogP contribution in [0.4, 0.5) is 18.9 Å². The van der Waals surface area contributed by atoms with Crippen LogP contribution in [-0.2, 0) is 15.8 Å². The van der Waals surface area contributed by atoms with Crippen molar-refractivity contribution in [1.29, 1.82) is 0 Å². The summed E-state index contributed by atoms with van der Waals surface area (Å²) in [6.07, 6.45) is -2.62. The molecule has 0 bridgehead atoms. The number of amides is 2. The molecule has 2 N–H and O–H groups in total. The van der Waals surface area contributed by atoms with Gasteiger partial charge >= 0.3 is 6.18 Å². The van der Waals surface area contributed by atoms with Gasteiger partial charge in [0.05, 0.1) is 12.0 Å². The molecule has 5 nitrogen and oxygen atoms in total. The third kappa shape index (κ3) is 7.26. The van der Waals surface area contributed by atoms with Crippen molar-refractivity contribution in [3.63, 3.8) is 0 Å². The first-order valence-corrected chi connectivity index (χ1v) is 7.51. The minimum Gasteiger partial charge on any atom is -0.326 e. The van der Waals surface area contributed by atoms with Crippen LogP contribution < -0.4 is 10.7 Å². The van der Waals surface area contributed by atoms with Gasteiger partial charge in [-0.1, -0.05) is 19.4 Å². The standard InChI is InChI=1S/C16H20F3N3O2/c1-3-4-8-14(23)22-21-11(2)9-15(24)20-13-7-5-6-12(10-13)16(17,18)19/h5-7,10H,3-4,8-9H2,1-2H3,(H,20,24)(H,22,23)/b21-11-. The van der Waals surface area contributed by atoms with Crippen LogP contribution in [0.1, 0.15) is 45.1 Å². The summed E-state index contributed by atoms with van der Waals surface area (Å²) in [4.78, 5) is 23.2. The summed E-state index contributed by atoms with van der Waals surface area (Å²) in [5.41, 5.74) is 1.90. The van der Waals surface area contributed by atoms with Crippen LogP contribution in [0.3, 0.4) is 0 Å². The number of rotatable bonds is 7. The molecular formula is C16H20F3N3O2. The van der Waals surface area contributed by atoms with E-state index in [-0.39, 0.29) is 18.0 Å². The van der Waals surface area contributed by atoms with Crippen molar-refractivity contribution in [2.75, 3.05) is 5.32 Å². The lowest BCUT2D eigenvalue weighted by Crippen LogP contribution is -2.21. The van der Waals surface area contributed by atoms with E-state index in [2.05, 4.69) is 15.8 Å². The van der Waals surface area contributed by atoms with Crippen molar-refractivity contribution in [3.8, 4) is 0 Å². The normalized spacial score (nSPS) is 12.0. The Bertz CT molecular complexity index is 613. The number of carbonyl (C=O) groups is 2. The number of halogens is 3. The van der Waals surface area contributed by atoms with Gasteiger partial charge in [-0.25, -0.2) is 5.43 Å². The molecule has 0 fully saturated rings. The molecule has 24 heavy (non-hydrogen) atoms. The Morgan fingerprint density at radius 2 is 1.92 bits per heavy atom. The maximum Gasteiger partial charge on any atom is 0.416 e. The van der Waals surface area contributed by atoms with Crippen molar-refractivity contribution < 1.29 is 22.8 Å². The lowest BCUT2D eigenvalue weighted by atomic mass is 10.2. The minimum atomic E-state index is -4.47. The van der Waals surface area contributed by atoms with Crippen molar-refractivity contribution in [3.05, 3.63) is 29.8 Å². The highest BCUT2D eigenvalue weighted by Gasteiger charge is 2.30. The quantitative estimate of drug-likeness (QED) is 0.585. The van der Waals surface area contributed by atoms with Gasteiger partial charge in [-0.05, 0) is 31.5 Å². The first-order chi connectivity index (χ1) is 11.2. The molecule has 0 saturated heterocycles. The highest BCUT2D eigenvalue weighted by atomic mass is 19.4. The molecule has 1 aromatic carbocycles. The molecule has 1 rings (SSSR count). The Morgan fingerprint density at radius 1 is 1.21 bits per heavy atom. The number of hydrogen-bond donors (Lipinski definition) is 2. The Kier molecular flexibility index (Phi) is 7.41. The average molecular weight is 343 g/mol. The zero-order valence-electron chi connectivity index (χ0n) is 13.5. The molecule has 1 aromatic rings. The summed E-state index contributed by atoms with van der Waals surface area (Å²) in [5, 5.41) is 6.17. The zero-order chi connectivity index (χ0) is 18.2. The summed E-state index contributed by atoms with van der Waals surface area (Å²) < 4.78 is 37.8. The van der Waals surface area contributed by atoms with E-state index in [0.29, 0.717) is 12.1 Å². The van der Waals surface area contributed by atoms with Crippen LogP contribution in [0.2, 0.25) is 0 Å². The highest BCUT2D eigenvalue weighted by Crippen LogP contribution is 2.30. The number of nitrogens with one attached hydrogen (secondary N) is 2. The first kappa shape index (κ1) is 19.7. The van der Waals surface area contributed by atoms with Crippen molar-refractivity contribution in [2.24, 2.45) is 5.10 Å². The lowest BCUT2D eigenvalue weighted by molar-refractivity contribution is -0.137. The molecule has 0 saturated carbocycles. The van der Waals surface area contributed by atoms with E-state index < -0.39 is 17.6 Å². The minimum absolute atomic E-state index is 0.0506. The van der Waals surface area contributed by atoms with Crippen LogP contribution in [0.5, 0.6) is 0 Å². The van der Waals surface area contributed by atoms with Gasteiger partial charge in [-0.15, -0.1) is 0 Å². The van der Waals surface area contributed by atoms with Crippen molar-refractivity contribution in [2.45, 2.75) is 45.7 Å². The Labute approximate surface area is 138 Å². The number of anilines is 1. The summed E-state index contributed by atoms with van der Waals surface area (Å²) in [6.45, 7) is 3.51. The predicted octanol–water partition coefficient (Wildman–Crippen LogP) is 3.72. The van der Waals surface area contributed by atoms with Crippen LogP contribution >= 0.6 is 0 Å². The SMILES string of the molecule is CCCCC(=O)N/N=C(/C)CC(=O)Nc1cccc(C(F)(F)F)c1. The Balaban J connectivity index is 2.55. The van der Waals surface area contributed by atoms with Gasteiger partial charge in [0, 0.05) is 17.8 Å². The largest absolute Gasteiger partial charge is 0.416 e. The van der Waals surface area contributed by atoms with Crippen LogP contribution in [0.25, 0.3) is 0 Å². The monoisotopic (exact) mass is 343 g/mol. The van der Waals surface area contributed by atoms with Gasteiger partial charge < -0.3 is 5.32 Å². The van der Waals surface area contributed by atoms with Crippen LogP contribution in [-0.4, -0.2) is 17.5 Å². The van der Waals surface area contributed by atoms with Gasteiger partial charge in [0.25, 0.3) is 0 Å². The molecule has 0 aliphatic rings. The maximum absolute atomic E-state index is 12.6. The number of hydrogen-bond acceptors (Lipinski definition) is 3. The fourth-order valence-electron chi connectivity index (χ4n) is 1.80. The average Bonchev–Trinajstić information content (AvgIpc) is 2.50. The summed E-state index contributed by atoms with van der Waals surface area (Å²) in [6, 6.07) is 4.37. The number of hydrazone groups is 1. The molecule has 132 valence electrons. The number of benzene rings is 1. The molecule has 2 amide bonds. The van der Waals surface area contributed by atoms with Crippen molar-refractivity contribution >= 4 is 23.2 Å². The first-order valence-electron chi connectivity index (χ1n) is 7.51. The fraction of sp³-hybridized carbons (Fsp3) is 0.438. The van der Waals surface area contributed by atoms with Gasteiger partial charge in [0.1, 0.15) is 0 Å². The second-order valence-corrected chi connectivity index (χ2v) is 5.29. The molecule has 0 spiro atoms. The fourth-order valence-corrected chi connectivity index (χ4v) is 1.80. The van der Waals surface area contributed by atoms with Gasteiger partial charge in [-0.3, -0.25) is 9.59 Å². The molecule has 0 unspecified atom stereocenters. The van der Waals surface area contributed by atoms with E-state index in [4.69, 9.17) is 0 Å². The second-order valence-electron chi connectivity index (χ2n) is 5.29. The third-order valence-corrected chi connectivity index (χ3v) is 3.02. The predicted molar refractivity (Wildman–Crippen MR) is 85.5 cm³/mol. The van der Waals surface area contributed by atoms with Crippen molar-refractivity contribution in [1.82, 2.24) is 5.43 Å². The molecule has 0 heterocycles. The van der Waals surface area contributed by atoms with E-state index in [9.17, 15) is 22.8 Å². The number of alkyl halides is 3. The smallest absolute Gasteiger partial charge is 0.326 e. The molecule has 8 heteroatoms. The summed E-state index contributed by atoms with van der Waals surface area (Å²) in [5.74, 6) is -0.757. The summed E-state index contributed by atoms with van der Waals surface area (Å²) >= 11 is 0. The Morgan fingerprint density at radius 3 is 2.54 bits per heavy atom. The van der Waals surface area contributed by atoms with Gasteiger partial charge in [0.2, 0.25) is 11.8 Å². The van der Waals surface area contributed by atoms with Gasteiger partial charge in [-0.2, -0.15) is 18.3 Å². The molecule has 0 atom stereocenters. The maximum atomic E-state index is 12.6. The lowest BCUT2D eigenvalue weighted by Gasteiger charge is -2.10. The third-order valence-electron chi connectivity index (χ3n) is 3.02. The van der Waals surface area contributed by atoms with Crippen LogP contribution in [0, 0.1) is 0 Å². The van der Waals surface area contributed by atoms with Gasteiger partial charge in [0.15, 0.2) is 0 Å². The number of unbranched alkanes of at least 4 members (excludes halogenated alkanes) is 1. The number of carbonyl (C=O) groups excluding carboxylic acids is 2. The zero-order valence-corrected chi connectivity index (χ0v) is 13.5. The Hall–Kier alpha value is -2.38. The molecule has 0 aliphatic heterocycles. The molecular weight excluding hydrogens is 323 g/mol. The number of nitrogens with zero attached hydrogens (tertiary/aromatic N) is 1. The van der Waals surface area contributed by atoms with E-state index in [0.717, 1.165) is 25.0 Å². The van der Waals surface area contributed by atoms with E-state index in [1.54, 1.807) is 6.92 Å². The summed E-state index contributed by atoms with van der Waals surface area (Å²) in [7, 11) is 0. The topological polar surface area (TPSA) is 70.6 Å². The molecule has 0 radical (unpaired) electrons. The van der Waals surface area contributed by atoms with Crippen LogP contribution in [0.15, 0.2) is 29.4 Å². The molecule has 0 aromatic heterocycles. The van der Waals surface area contributed by atoms with E-state index in [1.165, 1.54) is 12.1 Å². The van der Waals surface area contributed by atoms with E-state index in [1.807, 2.05) is 6.92 Å². The molecule has 0 aliphatic carbocycles.